The summed E-state index contributed by atoms with van der Waals surface area (Å²) in [6.45, 7) is 6.04. The zero-order valence-corrected chi connectivity index (χ0v) is 21.7. The summed E-state index contributed by atoms with van der Waals surface area (Å²) in [4.78, 5) is 4.46. The number of nitrogens with one attached hydrogen (secondary N) is 3. The molecule has 0 amide bonds. The summed E-state index contributed by atoms with van der Waals surface area (Å²) in [5.41, 5.74) is 3.78. The van der Waals surface area contributed by atoms with E-state index < -0.39 is 0 Å². The number of aromatic nitrogens is 1. The highest BCUT2D eigenvalue weighted by atomic mass is 32.1. The Morgan fingerprint density at radius 1 is 1.03 bits per heavy atom. The van der Waals surface area contributed by atoms with Gasteiger partial charge in [-0.15, -0.1) is 0 Å². The largest absolute Gasteiger partial charge is 0.493 e. The zero-order chi connectivity index (χ0) is 24.8. The predicted molar refractivity (Wildman–Crippen MR) is 145 cm³/mol. The van der Waals surface area contributed by atoms with Gasteiger partial charge in [0, 0.05) is 35.9 Å². The van der Waals surface area contributed by atoms with E-state index >= 15 is 0 Å². The molecule has 1 atom stereocenters. The fourth-order valence-corrected chi connectivity index (χ4v) is 4.60. The molecule has 35 heavy (non-hydrogen) atoms. The van der Waals surface area contributed by atoms with Crippen LogP contribution in [-0.2, 0) is 0 Å². The molecule has 0 radical (unpaired) electrons. The van der Waals surface area contributed by atoms with Crippen LogP contribution >= 0.6 is 12.2 Å². The summed E-state index contributed by atoms with van der Waals surface area (Å²) < 4.78 is 17.2. The molecule has 1 saturated heterocycles. The highest BCUT2D eigenvalue weighted by molar-refractivity contribution is 7.80. The molecular formula is C27H34N4O3S. The molecule has 1 aromatic heterocycles. The fourth-order valence-electron chi connectivity index (χ4n) is 4.39. The van der Waals surface area contributed by atoms with Gasteiger partial charge >= 0.3 is 0 Å². The molecule has 7 nitrogen and oxygen atoms in total. The van der Waals surface area contributed by atoms with E-state index in [0.717, 1.165) is 53.0 Å². The molecule has 2 aromatic carbocycles. The molecule has 3 aromatic rings. The highest BCUT2D eigenvalue weighted by Gasteiger charge is 2.14. The van der Waals surface area contributed by atoms with E-state index in [9.17, 15) is 0 Å². The lowest BCUT2D eigenvalue weighted by Crippen LogP contribution is -2.38. The molecule has 1 aliphatic heterocycles. The van der Waals surface area contributed by atoms with Crippen molar-refractivity contribution in [3.63, 3.8) is 0 Å². The minimum atomic E-state index is 0.588. The first-order chi connectivity index (χ1) is 17.0. The molecule has 3 N–H and O–H groups in total. The maximum Gasteiger partial charge on any atom is 0.170 e. The first-order valence-electron chi connectivity index (χ1n) is 12.1. The van der Waals surface area contributed by atoms with Crippen LogP contribution in [0.5, 0.6) is 23.0 Å². The number of thiocarbonyl (C=S) groups is 1. The average Bonchev–Trinajstić information content (AvgIpc) is 2.87. The number of piperidine rings is 1. The van der Waals surface area contributed by atoms with Gasteiger partial charge in [0.2, 0.25) is 0 Å². The topological polar surface area (TPSA) is 76.7 Å². The molecule has 0 bridgehead atoms. The molecule has 0 saturated carbocycles. The third-order valence-electron chi connectivity index (χ3n) is 6.39. The van der Waals surface area contributed by atoms with Crippen LogP contribution in [-0.4, -0.2) is 43.4 Å². The van der Waals surface area contributed by atoms with E-state index in [2.05, 4.69) is 27.0 Å². The van der Waals surface area contributed by atoms with Gasteiger partial charge in [-0.1, -0.05) is 6.42 Å². The van der Waals surface area contributed by atoms with Crippen LogP contribution in [0.2, 0.25) is 0 Å². The number of hydrogen-bond acceptors (Lipinski definition) is 6. The van der Waals surface area contributed by atoms with Crippen molar-refractivity contribution in [2.75, 3.05) is 32.6 Å². The van der Waals surface area contributed by atoms with Crippen molar-refractivity contribution >= 4 is 33.9 Å². The first kappa shape index (κ1) is 25.0. The number of methoxy groups -OCH3 is 2. The molecule has 1 aliphatic rings. The third-order valence-corrected chi connectivity index (χ3v) is 6.63. The summed E-state index contributed by atoms with van der Waals surface area (Å²) in [7, 11) is 3.23. The van der Waals surface area contributed by atoms with Gasteiger partial charge < -0.3 is 30.2 Å². The minimum absolute atomic E-state index is 0.588. The SMILES string of the molecule is COc1cc2nccc(Oc3cc(C)c(NC(=S)NCCC4CCCCN4)cc3C)c2cc1OC. The van der Waals surface area contributed by atoms with Gasteiger partial charge in [-0.25, -0.2) is 0 Å². The summed E-state index contributed by atoms with van der Waals surface area (Å²) in [5, 5.41) is 11.7. The number of pyridine rings is 1. The van der Waals surface area contributed by atoms with Gasteiger partial charge in [0.25, 0.3) is 0 Å². The van der Waals surface area contributed by atoms with Crippen LogP contribution in [0, 0.1) is 13.8 Å². The molecule has 8 heteroatoms. The second-order valence-electron chi connectivity index (χ2n) is 8.88. The van der Waals surface area contributed by atoms with Crippen LogP contribution in [0.25, 0.3) is 10.9 Å². The molecule has 0 aliphatic carbocycles. The van der Waals surface area contributed by atoms with Crippen molar-refractivity contribution in [2.24, 2.45) is 0 Å². The number of ether oxygens (including phenoxy) is 3. The molecule has 0 spiro atoms. The molecule has 4 rings (SSSR count). The smallest absolute Gasteiger partial charge is 0.170 e. The summed E-state index contributed by atoms with van der Waals surface area (Å²) in [6.07, 6.45) is 6.64. The monoisotopic (exact) mass is 494 g/mol. The Kier molecular flexibility index (Phi) is 8.25. The second-order valence-corrected chi connectivity index (χ2v) is 9.29. The van der Waals surface area contributed by atoms with Crippen LogP contribution in [0.1, 0.15) is 36.8 Å². The number of hydrogen-bond donors (Lipinski definition) is 3. The molecule has 186 valence electrons. The van der Waals surface area contributed by atoms with Crippen molar-refractivity contribution in [1.29, 1.82) is 0 Å². The van der Waals surface area contributed by atoms with Crippen molar-refractivity contribution < 1.29 is 14.2 Å². The average molecular weight is 495 g/mol. The van der Waals surface area contributed by atoms with E-state index in [1.54, 1.807) is 20.4 Å². The predicted octanol–water partition coefficient (Wildman–Crippen LogP) is 5.48. The number of fused-ring (bicyclic) bond motifs is 1. The molecule has 2 heterocycles. The second kappa shape index (κ2) is 11.6. The number of nitrogens with zero attached hydrogens (tertiary/aromatic N) is 1. The fraction of sp³-hybridized carbons (Fsp3) is 0.407. The van der Waals surface area contributed by atoms with Crippen molar-refractivity contribution in [3.05, 3.63) is 47.7 Å². The maximum atomic E-state index is 6.35. The maximum absolute atomic E-state index is 6.35. The van der Waals surface area contributed by atoms with Crippen LogP contribution in [0.3, 0.4) is 0 Å². The summed E-state index contributed by atoms with van der Waals surface area (Å²) in [5.74, 6) is 2.74. The standard InChI is InChI=1S/C27H34N4O3S/c1-17-14-24(34-23-9-12-29-22-16-26(33-4)25(32-3)15-20(22)23)18(2)13-21(17)31-27(35)30-11-8-19-7-5-6-10-28-19/h9,12-16,19,28H,5-8,10-11H2,1-4H3,(H2,30,31,35). The molecule has 1 fully saturated rings. The normalized spacial score (nSPS) is 15.5. The van der Waals surface area contributed by atoms with Crippen LogP contribution in [0.4, 0.5) is 5.69 Å². The van der Waals surface area contributed by atoms with Crippen LogP contribution < -0.4 is 30.2 Å². The minimum Gasteiger partial charge on any atom is -0.493 e. The lowest BCUT2D eigenvalue weighted by molar-refractivity contribution is 0.355. The Hall–Kier alpha value is -3.10. The Labute approximate surface area is 212 Å². The van der Waals surface area contributed by atoms with E-state index in [4.69, 9.17) is 26.4 Å². The van der Waals surface area contributed by atoms with Gasteiger partial charge in [-0.3, -0.25) is 4.98 Å². The van der Waals surface area contributed by atoms with Crippen molar-refractivity contribution in [3.8, 4) is 23.0 Å². The Morgan fingerprint density at radius 3 is 2.57 bits per heavy atom. The van der Waals surface area contributed by atoms with Gasteiger partial charge in [0.15, 0.2) is 16.6 Å². The Morgan fingerprint density at radius 2 is 1.83 bits per heavy atom. The van der Waals surface area contributed by atoms with E-state index in [0.29, 0.717) is 28.4 Å². The van der Waals surface area contributed by atoms with Crippen molar-refractivity contribution in [2.45, 2.75) is 45.6 Å². The highest BCUT2D eigenvalue weighted by Crippen LogP contribution is 2.38. The lowest BCUT2D eigenvalue weighted by Gasteiger charge is -2.23. The van der Waals surface area contributed by atoms with Crippen molar-refractivity contribution in [1.82, 2.24) is 15.6 Å². The van der Waals surface area contributed by atoms with Gasteiger partial charge in [-0.05, 0) is 87.3 Å². The Balaban J connectivity index is 1.45. The third kappa shape index (κ3) is 6.13. The van der Waals surface area contributed by atoms with E-state index in [1.807, 2.05) is 38.1 Å². The first-order valence-corrected chi connectivity index (χ1v) is 12.5. The molecular weight excluding hydrogens is 460 g/mol. The van der Waals surface area contributed by atoms with E-state index in [1.165, 1.54) is 19.3 Å². The van der Waals surface area contributed by atoms with Gasteiger partial charge in [0.1, 0.15) is 11.5 Å². The number of rotatable bonds is 8. The lowest BCUT2D eigenvalue weighted by atomic mass is 10.0. The Bertz CT molecular complexity index is 1190. The van der Waals surface area contributed by atoms with Gasteiger partial charge in [0.05, 0.1) is 19.7 Å². The van der Waals surface area contributed by atoms with Crippen LogP contribution in [0.15, 0.2) is 36.5 Å². The van der Waals surface area contributed by atoms with E-state index in [-0.39, 0.29) is 0 Å². The molecule has 1 unspecified atom stereocenters. The summed E-state index contributed by atoms with van der Waals surface area (Å²) >= 11 is 5.54. The summed E-state index contributed by atoms with van der Waals surface area (Å²) in [6, 6.07) is 10.3. The van der Waals surface area contributed by atoms with Gasteiger partial charge in [-0.2, -0.15) is 0 Å². The number of aryl methyl sites for hydroxylation is 2. The quantitative estimate of drug-likeness (QED) is 0.356. The zero-order valence-electron chi connectivity index (χ0n) is 20.9. The number of anilines is 1. The number of benzene rings is 2.